The summed E-state index contributed by atoms with van der Waals surface area (Å²) in [5.41, 5.74) is 2.42. The molecule has 192 valence electrons. The number of carbonyl (C=O) groups is 2. The number of nitrogens with zero attached hydrogens (tertiary/aromatic N) is 3. The second-order valence-electron chi connectivity index (χ2n) is 9.48. The van der Waals surface area contributed by atoms with Crippen molar-refractivity contribution in [1.29, 1.82) is 0 Å². The number of amides is 2. The number of aromatic nitrogens is 2. The van der Waals surface area contributed by atoms with Gasteiger partial charge in [0.15, 0.2) is 0 Å². The van der Waals surface area contributed by atoms with Crippen LogP contribution in [0, 0.1) is 0 Å². The molecule has 1 aliphatic heterocycles. The minimum absolute atomic E-state index is 0.163. The summed E-state index contributed by atoms with van der Waals surface area (Å²) in [5.74, 6) is -1.76. The molecule has 3 heterocycles. The van der Waals surface area contributed by atoms with E-state index in [1.54, 1.807) is 32.9 Å². The lowest BCUT2D eigenvalue weighted by Gasteiger charge is -2.44. The second kappa shape index (κ2) is 9.55. The van der Waals surface area contributed by atoms with E-state index in [0.29, 0.717) is 11.1 Å². The van der Waals surface area contributed by atoms with Crippen LogP contribution in [0.1, 0.15) is 42.4 Å². The molecule has 0 aliphatic carbocycles. The lowest BCUT2D eigenvalue weighted by molar-refractivity contribution is -0.291. The zero-order chi connectivity index (χ0) is 26.4. The third kappa shape index (κ3) is 4.52. The number of fused-ring (bicyclic) bond motifs is 3. The zero-order valence-electron chi connectivity index (χ0n) is 20.9. The van der Waals surface area contributed by atoms with E-state index < -0.39 is 17.6 Å². The topological polar surface area (TPSA) is 94.9 Å². The summed E-state index contributed by atoms with van der Waals surface area (Å²) in [6, 6.07) is 5.43. The number of halogens is 2. The van der Waals surface area contributed by atoms with Gasteiger partial charge in [0.2, 0.25) is 0 Å². The van der Waals surface area contributed by atoms with E-state index in [4.69, 9.17) is 37.4 Å². The molecule has 3 aromatic rings. The van der Waals surface area contributed by atoms with Crippen LogP contribution >= 0.6 is 23.2 Å². The second-order valence-corrected chi connectivity index (χ2v) is 10.3. The van der Waals surface area contributed by atoms with Gasteiger partial charge < -0.3 is 24.1 Å². The number of aryl methyl sites for hydroxylation is 1. The van der Waals surface area contributed by atoms with E-state index in [1.807, 2.05) is 17.7 Å². The highest BCUT2D eigenvalue weighted by atomic mass is 35.5. The summed E-state index contributed by atoms with van der Waals surface area (Å²) in [4.78, 5) is 31.9. The van der Waals surface area contributed by atoms with Gasteiger partial charge in [-0.15, -0.1) is 0 Å². The summed E-state index contributed by atoms with van der Waals surface area (Å²) in [7, 11) is 4.83. The monoisotopic (exact) mass is 534 g/mol. The van der Waals surface area contributed by atoms with E-state index >= 15 is 0 Å². The molecule has 0 radical (unpaired) electrons. The van der Waals surface area contributed by atoms with Gasteiger partial charge in [-0.25, -0.2) is 4.79 Å². The Morgan fingerprint density at radius 3 is 2.33 bits per heavy atom. The lowest BCUT2D eigenvalue weighted by Crippen LogP contribution is -2.58. The van der Waals surface area contributed by atoms with Crippen LogP contribution in [0.3, 0.4) is 0 Å². The van der Waals surface area contributed by atoms with E-state index in [2.05, 4.69) is 10.3 Å². The summed E-state index contributed by atoms with van der Waals surface area (Å²) in [5, 5.41) is 4.07. The third-order valence-corrected chi connectivity index (χ3v) is 6.73. The van der Waals surface area contributed by atoms with E-state index in [1.165, 1.54) is 31.5 Å². The van der Waals surface area contributed by atoms with Crippen molar-refractivity contribution in [2.45, 2.75) is 45.2 Å². The molecule has 4 rings (SSSR count). The molecule has 11 heteroatoms. The summed E-state index contributed by atoms with van der Waals surface area (Å²) >= 11 is 12.4. The molecular weight excluding hydrogens is 507 g/mol. The van der Waals surface area contributed by atoms with Gasteiger partial charge in [-0.3, -0.25) is 14.7 Å². The number of ether oxygens (including phenoxy) is 3. The first-order valence-corrected chi connectivity index (χ1v) is 12.0. The number of para-hydroxylation sites is 1. The van der Waals surface area contributed by atoms with Crippen LogP contribution in [0.2, 0.25) is 10.0 Å². The number of hydrogen-bond acceptors (Lipinski definition) is 6. The van der Waals surface area contributed by atoms with Crippen molar-refractivity contribution in [2.75, 3.05) is 19.5 Å². The molecule has 9 nitrogen and oxygen atoms in total. The molecular formula is C25H28Cl2N4O5. The molecule has 2 amide bonds. The van der Waals surface area contributed by atoms with Crippen molar-refractivity contribution in [3.63, 3.8) is 0 Å². The van der Waals surface area contributed by atoms with Crippen LogP contribution in [0.4, 0.5) is 10.5 Å². The first-order chi connectivity index (χ1) is 16.9. The Labute approximate surface area is 219 Å². The number of hydrogen-bond donors (Lipinski definition) is 1. The van der Waals surface area contributed by atoms with Crippen molar-refractivity contribution >= 4 is 51.8 Å². The number of benzene rings is 1. The van der Waals surface area contributed by atoms with Crippen molar-refractivity contribution in [3.8, 4) is 0 Å². The number of nitrogens with one attached hydrogen (secondary N) is 1. The molecule has 36 heavy (non-hydrogen) atoms. The number of pyridine rings is 1. The number of carbonyl (C=O) groups excluding carboxylic acids is 2. The lowest BCUT2D eigenvalue weighted by atomic mass is 10.0. The SMILES string of the molecule is COC1(OC)Cc2c(c3cccc(C(=O)Nc4c(Cl)cncc4Cl)c3n2C)CN1C(=O)OC(C)(C)C. The minimum Gasteiger partial charge on any atom is -0.444 e. The van der Waals surface area contributed by atoms with Crippen LogP contribution in [-0.4, -0.2) is 52.2 Å². The van der Waals surface area contributed by atoms with Crippen LogP contribution < -0.4 is 5.32 Å². The Kier molecular flexibility index (Phi) is 6.96. The standard InChI is InChI=1S/C25H28Cl2N4O5/c1-24(2,3)36-23(33)31-13-16-14-8-7-9-15(22(32)29-20-17(26)11-28-12-18(20)27)21(14)30(4)19(16)10-25(31,34-5)35-6/h7-9,11-12H,10,13H2,1-6H3,(H,28,29,32). The summed E-state index contributed by atoms with van der Waals surface area (Å²) in [6.45, 7) is 5.55. The van der Waals surface area contributed by atoms with Gasteiger partial charge in [0.25, 0.3) is 11.8 Å². The maximum absolute atomic E-state index is 13.4. The van der Waals surface area contributed by atoms with Gasteiger partial charge in [-0.05, 0) is 26.8 Å². The first kappa shape index (κ1) is 26.2. The third-order valence-electron chi connectivity index (χ3n) is 6.16. The molecule has 0 fully saturated rings. The Bertz CT molecular complexity index is 1320. The van der Waals surface area contributed by atoms with Crippen molar-refractivity contribution in [3.05, 3.63) is 57.5 Å². The Morgan fingerprint density at radius 2 is 1.75 bits per heavy atom. The Hall–Kier alpha value is -2.85. The molecule has 0 saturated heterocycles. The van der Waals surface area contributed by atoms with Crippen LogP contribution in [0.5, 0.6) is 0 Å². The fraction of sp³-hybridized carbons (Fsp3) is 0.400. The van der Waals surface area contributed by atoms with Crippen LogP contribution in [0.25, 0.3) is 10.9 Å². The van der Waals surface area contributed by atoms with Crippen molar-refractivity contribution in [1.82, 2.24) is 14.5 Å². The molecule has 1 aromatic carbocycles. The fourth-order valence-corrected chi connectivity index (χ4v) is 4.95. The molecule has 1 N–H and O–H groups in total. The summed E-state index contributed by atoms with van der Waals surface area (Å²) in [6.07, 6.45) is 2.48. The normalized spacial score (nSPS) is 15.1. The summed E-state index contributed by atoms with van der Waals surface area (Å²) < 4.78 is 19.1. The number of methoxy groups -OCH3 is 2. The average molecular weight is 535 g/mol. The zero-order valence-corrected chi connectivity index (χ0v) is 22.5. The highest BCUT2D eigenvalue weighted by molar-refractivity contribution is 6.39. The van der Waals surface area contributed by atoms with Gasteiger partial charge in [0.1, 0.15) is 5.60 Å². The van der Waals surface area contributed by atoms with E-state index in [9.17, 15) is 9.59 Å². The highest BCUT2D eigenvalue weighted by Crippen LogP contribution is 2.40. The molecule has 0 unspecified atom stereocenters. The highest BCUT2D eigenvalue weighted by Gasteiger charge is 2.48. The molecule has 0 spiro atoms. The molecule has 0 atom stereocenters. The molecule has 0 saturated carbocycles. The predicted molar refractivity (Wildman–Crippen MR) is 137 cm³/mol. The molecule has 1 aliphatic rings. The van der Waals surface area contributed by atoms with E-state index in [0.717, 1.165) is 16.6 Å². The smallest absolute Gasteiger partial charge is 0.414 e. The Balaban J connectivity index is 1.81. The predicted octanol–water partition coefficient (Wildman–Crippen LogP) is 5.37. The Morgan fingerprint density at radius 1 is 1.11 bits per heavy atom. The van der Waals surface area contributed by atoms with Crippen LogP contribution in [-0.2, 0) is 34.2 Å². The average Bonchev–Trinajstić information content (AvgIpc) is 3.10. The van der Waals surface area contributed by atoms with Gasteiger partial charge >= 0.3 is 6.09 Å². The maximum atomic E-state index is 13.4. The van der Waals surface area contributed by atoms with Crippen LogP contribution in [0.15, 0.2) is 30.6 Å². The van der Waals surface area contributed by atoms with Gasteiger partial charge in [-0.2, -0.15) is 0 Å². The molecule has 0 bridgehead atoms. The largest absolute Gasteiger partial charge is 0.444 e. The van der Waals surface area contributed by atoms with Gasteiger partial charge in [0, 0.05) is 50.3 Å². The quantitative estimate of drug-likeness (QED) is 0.452. The number of anilines is 1. The van der Waals surface area contributed by atoms with E-state index in [-0.39, 0.29) is 34.6 Å². The minimum atomic E-state index is -1.38. The maximum Gasteiger partial charge on any atom is 0.414 e. The van der Waals surface area contributed by atoms with Crippen molar-refractivity contribution in [2.24, 2.45) is 7.05 Å². The number of rotatable bonds is 4. The van der Waals surface area contributed by atoms with Gasteiger partial charge in [0.05, 0.1) is 39.8 Å². The fourth-order valence-electron chi connectivity index (χ4n) is 4.49. The van der Waals surface area contributed by atoms with Gasteiger partial charge in [-0.1, -0.05) is 35.3 Å². The molecule has 2 aromatic heterocycles. The van der Waals surface area contributed by atoms with Crippen molar-refractivity contribution < 1.29 is 23.8 Å². The first-order valence-electron chi connectivity index (χ1n) is 11.2.